The molecule has 4 N–H and O–H groups in total. The van der Waals surface area contributed by atoms with Crippen molar-refractivity contribution in [3.8, 4) is 0 Å². The van der Waals surface area contributed by atoms with Crippen molar-refractivity contribution in [2.24, 2.45) is 0 Å². The monoisotopic (exact) mass is 483 g/mol. The summed E-state index contributed by atoms with van der Waals surface area (Å²) in [6.45, 7) is 0.116. The minimum absolute atomic E-state index is 0.170. The SMILES string of the molecule is O=C(Nc1ccc(Cl)c(Cl)c1)N[C@H]1CC[C@@H](CCNC(=O)c2ccc(F)cc2)O[C@@H]1CO. The van der Waals surface area contributed by atoms with E-state index in [0.717, 1.165) is 0 Å². The van der Waals surface area contributed by atoms with Gasteiger partial charge in [0.15, 0.2) is 0 Å². The van der Waals surface area contributed by atoms with E-state index in [-0.39, 0.29) is 24.7 Å². The molecule has 0 radical (unpaired) electrons. The molecular weight excluding hydrogens is 460 g/mol. The number of rotatable bonds is 7. The Bertz CT molecular complexity index is 945. The molecular formula is C22H24Cl2FN3O4. The molecule has 7 nitrogen and oxygen atoms in total. The van der Waals surface area contributed by atoms with Gasteiger partial charge in [0.2, 0.25) is 0 Å². The summed E-state index contributed by atoms with van der Waals surface area (Å²) in [6, 6.07) is 9.25. The van der Waals surface area contributed by atoms with Gasteiger partial charge in [0.25, 0.3) is 5.91 Å². The first-order chi connectivity index (χ1) is 15.4. The normalized spacial score (nSPS) is 20.4. The molecule has 1 heterocycles. The number of aliphatic hydroxyl groups excluding tert-OH is 1. The van der Waals surface area contributed by atoms with Crippen molar-refractivity contribution < 1.29 is 23.8 Å². The molecule has 3 amide bonds. The topological polar surface area (TPSA) is 99.7 Å². The number of benzene rings is 2. The van der Waals surface area contributed by atoms with Gasteiger partial charge in [0.1, 0.15) is 11.9 Å². The number of carbonyl (C=O) groups excluding carboxylic acids is 2. The van der Waals surface area contributed by atoms with Gasteiger partial charge in [-0.25, -0.2) is 9.18 Å². The maximum Gasteiger partial charge on any atom is 0.319 e. The summed E-state index contributed by atoms with van der Waals surface area (Å²) in [5, 5.41) is 18.7. The molecule has 0 aliphatic carbocycles. The highest BCUT2D eigenvalue weighted by atomic mass is 35.5. The lowest BCUT2D eigenvalue weighted by atomic mass is 9.97. The fourth-order valence-electron chi connectivity index (χ4n) is 3.47. The molecule has 3 atom stereocenters. The Balaban J connectivity index is 1.43. The summed E-state index contributed by atoms with van der Waals surface area (Å²) in [5.74, 6) is -0.695. The molecule has 0 aromatic heterocycles. The van der Waals surface area contributed by atoms with Gasteiger partial charge in [-0.1, -0.05) is 23.2 Å². The lowest BCUT2D eigenvalue weighted by Gasteiger charge is -2.36. The van der Waals surface area contributed by atoms with E-state index in [1.165, 1.54) is 24.3 Å². The fourth-order valence-corrected chi connectivity index (χ4v) is 3.77. The Hall–Kier alpha value is -2.39. The van der Waals surface area contributed by atoms with Gasteiger partial charge >= 0.3 is 6.03 Å². The van der Waals surface area contributed by atoms with Crippen molar-refractivity contribution in [3.05, 3.63) is 63.9 Å². The first-order valence-corrected chi connectivity index (χ1v) is 10.9. The number of urea groups is 1. The van der Waals surface area contributed by atoms with Crippen LogP contribution in [0.4, 0.5) is 14.9 Å². The van der Waals surface area contributed by atoms with Crippen LogP contribution in [0.25, 0.3) is 0 Å². The third-order valence-electron chi connectivity index (χ3n) is 5.15. The predicted molar refractivity (Wildman–Crippen MR) is 121 cm³/mol. The molecule has 2 aromatic carbocycles. The van der Waals surface area contributed by atoms with E-state index in [2.05, 4.69) is 16.0 Å². The average molecular weight is 484 g/mol. The Morgan fingerprint density at radius 3 is 2.53 bits per heavy atom. The van der Waals surface area contributed by atoms with Crippen molar-refractivity contribution in [2.75, 3.05) is 18.5 Å². The lowest BCUT2D eigenvalue weighted by Crippen LogP contribution is -2.52. The highest BCUT2D eigenvalue weighted by Gasteiger charge is 2.31. The van der Waals surface area contributed by atoms with E-state index in [1.807, 2.05) is 0 Å². The van der Waals surface area contributed by atoms with Gasteiger partial charge in [0.05, 0.1) is 28.8 Å². The van der Waals surface area contributed by atoms with Crippen molar-refractivity contribution in [3.63, 3.8) is 0 Å². The molecule has 1 saturated heterocycles. The van der Waals surface area contributed by atoms with Gasteiger partial charge in [-0.2, -0.15) is 0 Å². The zero-order valence-corrected chi connectivity index (χ0v) is 18.6. The molecule has 10 heteroatoms. The summed E-state index contributed by atoms with van der Waals surface area (Å²) in [4.78, 5) is 24.4. The van der Waals surface area contributed by atoms with Crippen LogP contribution in [0.2, 0.25) is 10.0 Å². The Morgan fingerprint density at radius 1 is 1.09 bits per heavy atom. The highest BCUT2D eigenvalue weighted by Crippen LogP contribution is 2.25. The van der Waals surface area contributed by atoms with Crippen molar-refractivity contribution in [1.29, 1.82) is 0 Å². The van der Waals surface area contributed by atoms with Crippen molar-refractivity contribution in [2.45, 2.75) is 37.5 Å². The van der Waals surface area contributed by atoms with Gasteiger partial charge < -0.3 is 25.8 Å². The van der Waals surface area contributed by atoms with E-state index in [1.54, 1.807) is 18.2 Å². The summed E-state index contributed by atoms with van der Waals surface area (Å²) >= 11 is 11.8. The summed E-state index contributed by atoms with van der Waals surface area (Å²) in [7, 11) is 0. The van der Waals surface area contributed by atoms with E-state index in [4.69, 9.17) is 27.9 Å². The number of anilines is 1. The second-order valence-electron chi connectivity index (χ2n) is 7.44. The Kier molecular flexibility index (Phi) is 8.69. The maximum atomic E-state index is 13.0. The molecule has 1 fully saturated rings. The van der Waals surface area contributed by atoms with Gasteiger partial charge in [-0.05, 0) is 61.7 Å². The van der Waals surface area contributed by atoms with Crippen LogP contribution in [-0.4, -0.2) is 48.4 Å². The Labute approximate surface area is 195 Å². The zero-order chi connectivity index (χ0) is 23.1. The smallest absolute Gasteiger partial charge is 0.319 e. The third kappa shape index (κ3) is 6.80. The zero-order valence-electron chi connectivity index (χ0n) is 17.1. The van der Waals surface area contributed by atoms with Crippen molar-refractivity contribution in [1.82, 2.24) is 10.6 Å². The number of carbonyl (C=O) groups is 2. The molecule has 1 aliphatic rings. The van der Waals surface area contributed by atoms with Crippen LogP contribution in [0, 0.1) is 5.82 Å². The first-order valence-electron chi connectivity index (χ1n) is 10.2. The standard InChI is InChI=1S/C22H24Cl2FN3O4/c23-17-7-5-15(11-18(17)24)27-22(31)28-19-8-6-16(32-20(19)12-29)9-10-26-21(30)13-1-3-14(25)4-2-13/h1-5,7,11,16,19-20,29H,6,8-10,12H2,(H,26,30)(H2,27,28,31)/t16-,19-,20+/m0/s1. The van der Waals surface area contributed by atoms with Gasteiger partial charge in [-0.15, -0.1) is 0 Å². The molecule has 1 aliphatic heterocycles. The molecule has 0 saturated carbocycles. The number of amides is 3. The minimum Gasteiger partial charge on any atom is -0.394 e. The molecule has 172 valence electrons. The largest absolute Gasteiger partial charge is 0.394 e. The van der Waals surface area contributed by atoms with E-state index in [0.29, 0.717) is 47.1 Å². The molecule has 0 unspecified atom stereocenters. The molecule has 0 spiro atoms. The molecule has 32 heavy (non-hydrogen) atoms. The number of nitrogens with one attached hydrogen (secondary N) is 3. The fraction of sp³-hybridized carbons (Fsp3) is 0.364. The molecule has 3 rings (SSSR count). The average Bonchev–Trinajstić information content (AvgIpc) is 2.77. The number of hydrogen-bond acceptors (Lipinski definition) is 4. The molecule has 2 aromatic rings. The minimum atomic E-state index is -0.568. The van der Waals surface area contributed by atoms with Crippen LogP contribution in [0.1, 0.15) is 29.6 Å². The van der Waals surface area contributed by atoms with E-state index < -0.39 is 18.0 Å². The lowest BCUT2D eigenvalue weighted by molar-refractivity contribution is -0.0886. The first kappa shape index (κ1) is 24.3. The summed E-state index contributed by atoms with van der Waals surface area (Å²) < 4.78 is 18.9. The number of hydrogen-bond donors (Lipinski definition) is 4. The number of ether oxygens (including phenoxy) is 1. The van der Waals surface area contributed by atoms with Gasteiger partial charge in [0, 0.05) is 17.8 Å². The Morgan fingerprint density at radius 2 is 1.84 bits per heavy atom. The number of aliphatic hydroxyl groups is 1. The van der Waals surface area contributed by atoms with E-state index >= 15 is 0 Å². The second-order valence-corrected chi connectivity index (χ2v) is 8.26. The summed E-state index contributed by atoms with van der Waals surface area (Å²) in [5.41, 5.74) is 0.866. The van der Waals surface area contributed by atoms with Crippen LogP contribution >= 0.6 is 23.2 Å². The van der Waals surface area contributed by atoms with Crippen LogP contribution in [-0.2, 0) is 4.74 Å². The quantitative estimate of drug-likeness (QED) is 0.478. The number of halogens is 3. The third-order valence-corrected chi connectivity index (χ3v) is 5.89. The van der Waals surface area contributed by atoms with Crippen LogP contribution < -0.4 is 16.0 Å². The second kappa shape index (κ2) is 11.5. The van der Waals surface area contributed by atoms with Crippen LogP contribution in [0.5, 0.6) is 0 Å². The molecule has 0 bridgehead atoms. The van der Waals surface area contributed by atoms with Crippen LogP contribution in [0.3, 0.4) is 0 Å². The summed E-state index contributed by atoms with van der Waals surface area (Å²) in [6.07, 6.45) is 1.07. The van der Waals surface area contributed by atoms with Gasteiger partial charge in [-0.3, -0.25) is 4.79 Å². The van der Waals surface area contributed by atoms with E-state index in [9.17, 15) is 19.1 Å². The predicted octanol–water partition coefficient (Wildman–Crippen LogP) is 3.98. The van der Waals surface area contributed by atoms with Crippen LogP contribution in [0.15, 0.2) is 42.5 Å². The maximum absolute atomic E-state index is 13.0. The van der Waals surface area contributed by atoms with Crippen molar-refractivity contribution >= 4 is 40.8 Å². The highest BCUT2D eigenvalue weighted by molar-refractivity contribution is 6.42.